The second kappa shape index (κ2) is 4.19. The van der Waals surface area contributed by atoms with Gasteiger partial charge in [-0.25, -0.2) is 4.79 Å². The number of carboxylic acid groups (broad SMARTS) is 1. The van der Waals surface area contributed by atoms with Gasteiger partial charge in [-0.3, -0.25) is 0 Å². The molecule has 0 fully saturated rings. The molecule has 0 aliphatic carbocycles. The van der Waals surface area contributed by atoms with Crippen molar-refractivity contribution in [2.45, 2.75) is 6.92 Å². The second-order valence-electron chi connectivity index (χ2n) is 2.82. The molecule has 0 radical (unpaired) electrons. The third-order valence-electron chi connectivity index (χ3n) is 1.82. The van der Waals surface area contributed by atoms with Gasteiger partial charge in [-0.15, -0.1) is 5.11 Å². The lowest BCUT2D eigenvalue weighted by molar-refractivity contribution is 0.0697. The van der Waals surface area contributed by atoms with Gasteiger partial charge in [0, 0.05) is 0 Å². The number of nitriles is 1. The van der Waals surface area contributed by atoms with E-state index in [4.69, 9.17) is 16.2 Å². The van der Waals surface area contributed by atoms with Gasteiger partial charge in [0.1, 0.15) is 5.69 Å². The SMILES string of the molecule is Cc1cc(C#N)cc(C(=O)O)c1N=NN. The van der Waals surface area contributed by atoms with Crippen LogP contribution in [0.2, 0.25) is 0 Å². The fraction of sp³-hybridized carbons (Fsp3) is 0.111. The number of rotatable bonds is 2. The Kier molecular flexibility index (Phi) is 2.98. The predicted molar refractivity (Wildman–Crippen MR) is 51.6 cm³/mol. The molecule has 0 atom stereocenters. The Labute approximate surface area is 85.6 Å². The van der Waals surface area contributed by atoms with Crippen molar-refractivity contribution in [3.63, 3.8) is 0 Å². The number of nitrogens with two attached hydrogens (primary N) is 1. The van der Waals surface area contributed by atoms with Gasteiger partial charge in [-0.05, 0) is 24.6 Å². The topological polar surface area (TPSA) is 112 Å². The van der Waals surface area contributed by atoms with Gasteiger partial charge in [-0.2, -0.15) is 5.26 Å². The van der Waals surface area contributed by atoms with E-state index >= 15 is 0 Å². The predicted octanol–water partition coefficient (Wildman–Crippen LogP) is 1.52. The summed E-state index contributed by atoms with van der Waals surface area (Å²) < 4.78 is 0. The van der Waals surface area contributed by atoms with Crippen LogP contribution in [-0.4, -0.2) is 11.1 Å². The summed E-state index contributed by atoms with van der Waals surface area (Å²) in [5.41, 5.74) is 0.895. The van der Waals surface area contributed by atoms with E-state index < -0.39 is 5.97 Å². The largest absolute Gasteiger partial charge is 0.478 e. The third kappa shape index (κ3) is 2.08. The van der Waals surface area contributed by atoms with Crippen LogP contribution in [0.15, 0.2) is 22.5 Å². The molecule has 0 unspecified atom stereocenters. The van der Waals surface area contributed by atoms with E-state index in [1.807, 2.05) is 6.07 Å². The lowest BCUT2D eigenvalue weighted by Crippen LogP contribution is -1.99. The van der Waals surface area contributed by atoms with E-state index in [1.54, 1.807) is 6.92 Å². The number of aryl methyl sites for hydroxylation is 1. The minimum absolute atomic E-state index is 0.0826. The molecule has 0 saturated heterocycles. The summed E-state index contributed by atoms with van der Waals surface area (Å²) in [6, 6.07) is 4.63. The van der Waals surface area contributed by atoms with Crippen LogP contribution >= 0.6 is 0 Å². The molecule has 1 aromatic rings. The van der Waals surface area contributed by atoms with Crippen molar-refractivity contribution in [3.8, 4) is 6.07 Å². The van der Waals surface area contributed by atoms with Gasteiger partial charge in [-0.1, -0.05) is 5.22 Å². The number of carboxylic acids is 1. The zero-order valence-electron chi connectivity index (χ0n) is 7.93. The fourth-order valence-corrected chi connectivity index (χ4v) is 1.20. The van der Waals surface area contributed by atoms with Gasteiger partial charge in [0.25, 0.3) is 0 Å². The normalized spacial score (nSPS) is 10.1. The Bertz CT molecular complexity index is 474. The Morgan fingerprint density at radius 2 is 2.27 bits per heavy atom. The molecule has 0 aromatic heterocycles. The fourth-order valence-electron chi connectivity index (χ4n) is 1.20. The molecule has 1 rings (SSSR count). The summed E-state index contributed by atoms with van der Waals surface area (Å²) in [4.78, 5) is 10.9. The number of benzene rings is 1. The maximum atomic E-state index is 10.9. The lowest BCUT2D eigenvalue weighted by atomic mass is 10.0. The van der Waals surface area contributed by atoms with Crippen molar-refractivity contribution < 1.29 is 9.90 Å². The van der Waals surface area contributed by atoms with Crippen LogP contribution in [0.5, 0.6) is 0 Å². The Balaban J connectivity index is 3.50. The summed E-state index contributed by atoms with van der Waals surface area (Å²) in [5, 5.41) is 24.1. The Morgan fingerprint density at radius 1 is 1.60 bits per heavy atom. The molecule has 0 saturated carbocycles. The van der Waals surface area contributed by atoms with E-state index in [-0.39, 0.29) is 16.8 Å². The van der Waals surface area contributed by atoms with Crippen molar-refractivity contribution in [2.24, 2.45) is 16.2 Å². The second-order valence-corrected chi connectivity index (χ2v) is 2.82. The molecule has 76 valence electrons. The summed E-state index contributed by atoms with van der Waals surface area (Å²) >= 11 is 0. The quantitative estimate of drug-likeness (QED) is 0.432. The average Bonchev–Trinajstić information content (AvgIpc) is 2.20. The van der Waals surface area contributed by atoms with Crippen LogP contribution in [0.25, 0.3) is 0 Å². The first-order chi connectivity index (χ1) is 7.10. The van der Waals surface area contributed by atoms with E-state index in [0.717, 1.165) is 0 Å². The summed E-state index contributed by atoms with van der Waals surface area (Å²) in [5.74, 6) is 3.70. The number of nitrogens with zero attached hydrogens (tertiary/aromatic N) is 3. The summed E-state index contributed by atoms with van der Waals surface area (Å²) in [6.45, 7) is 1.64. The standard InChI is InChI=1S/C9H8N4O2/c1-5-2-6(4-10)3-7(9(14)15)8(5)12-13-11/h2-3H,1H3,(H2,11,12)(H,14,15). The van der Waals surface area contributed by atoms with Gasteiger partial charge in [0.2, 0.25) is 0 Å². The maximum Gasteiger partial charge on any atom is 0.338 e. The van der Waals surface area contributed by atoms with Crippen LogP contribution in [0.4, 0.5) is 5.69 Å². The van der Waals surface area contributed by atoms with Crippen molar-refractivity contribution >= 4 is 11.7 Å². The molecule has 1 aromatic carbocycles. The van der Waals surface area contributed by atoms with Crippen molar-refractivity contribution in [1.29, 1.82) is 5.26 Å². The molecule has 6 nitrogen and oxygen atoms in total. The molecule has 3 N–H and O–H groups in total. The van der Waals surface area contributed by atoms with E-state index in [0.29, 0.717) is 5.56 Å². The smallest absolute Gasteiger partial charge is 0.338 e. The average molecular weight is 204 g/mol. The summed E-state index contributed by atoms with van der Waals surface area (Å²) in [6.07, 6.45) is 0. The summed E-state index contributed by atoms with van der Waals surface area (Å²) in [7, 11) is 0. The van der Waals surface area contributed by atoms with Gasteiger partial charge in [0.15, 0.2) is 0 Å². The van der Waals surface area contributed by atoms with Gasteiger partial charge < -0.3 is 10.9 Å². The molecular weight excluding hydrogens is 196 g/mol. The highest BCUT2D eigenvalue weighted by atomic mass is 16.4. The zero-order chi connectivity index (χ0) is 11.4. The molecule has 0 aliphatic heterocycles. The number of hydrogen-bond donors (Lipinski definition) is 2. The highest BCUT2D eigenvalue weighted by Gasteiger charge is 2.14. The van der Waals surface area contributed by atoms with Gasteiger partial charge in [0.05, 0.1) is 17.2 Å². The van der Waals surface area contributed by atoms with Crippen LogP contribution < -0.4 is 5.84 Å². The first kappa shape index (κ1) is 10.7. The highest BCUT2D eigenvalue weighted by Crippen LogP contribution is 2.25. The van der Waals surface area contributed by atoms with Crippen LogP contribution in [0.1, 0.15) is 21.5 Å². The monoisotopic (exact) mass is 204 g/mol. The maximum absolute atomic E-state index is 10.9. The van der Waals surface area contributed by atoms with E-state index in [1.165, 1.54) is 12.1 Å². The first-order valence-corrected chi connectivity index (χ1v) is 3.99. The van der Waals surface area contributed by atoms with Crippen molar-refractivity contribution in [3.05, 3.63) is 28.8 Å². The number of hydrogen-bond acceptors (Lipinski definition) is 4. The molecule has 0 amide bonds. The minimum atomic E-state index is -1.17. The molecule has 0 heterocycles. The molecular formula is C9H8N4O2. The van der Waals surface area contributed by atoms with Crippen molar-refractivity contribution in [2.75, 3.05) is 0 Å². The van der Waals surface area contributed by atoms with E-state index in [2.05, 4.69) is 10.3 Å². The van der Waals surface area contributed by atoms with Gasteiger partial charge >= 0.3 is 5.97 Å². The van der Waals surface area contributed by atoms with E-state index in [9.17, 15) is 4.79 Å². The van der Waals surface area contributed by atoms with Crippen molar-refractivity contribution in [1.82, 2.24) is 0 Å². The Morgan fingerprint density at radius 3 is 2.73 bits per heavy atom. The lowest BCUT2D eigenvalue weighted by Gasteiger charge is -2.03. The highest BCUT2D eigenvalue weighted by molar-refractivity contribution is 5.94. The minimum Gasteiger partial charge on any atom is -0.478 e. The number of carbonyl (C=O) groups is 1. The molecule has 0 bridgehead atoms. The molecule has 0 aliphatic rings. The molecule has 0 spiro atoms. The van der Waals surface area contributed by atoms with Crippen LogP contribution in [0.3, 0.4) is 0 Å². The van der Waals surface area contributed by atoms with Crippen LogP contribution in [0, 0.1) is 18.3 Å². The zero-order valence-corrected chi connectivity index (χ0v) is 7.93. The first-order valence-electron chi connectivity index (χ1n) is 3.99. The van der Waals surface area contributed by atoms with Crippen LogP contribution in [-0.2, 0) is 0 Å². The molecule has 6 heteroatoms. The number of aromatic carboxylic acids is 1. The third-order valence-corrected chi connectivity index (χ3v) is 1.82. The Hall–Kier alpha value is -2.42. The molecule has 15 heavy (non-hydrogen) atoms.